The van der Waals surface area contributed by atoms with Gasteiger partial charge in [-0.3, -0.25) is 0 Å². The summed E-state index contributed by atoms with van der Waals surface area (Å²) in [7, 11) is -0.148. The first-order chi connectivity index (χ1) is 10.9. The molecule has 4 rings (SSSR count). The number of halogens is 2. The van der Waals surface area contributed by atoms with Gasteiger partial charge in [0.1, 0.15) is 0 Å². The zero-order valence-electron chi connectivity index (χ0n) is 14.2. The van der Waals surface area contributed by atoms with Gasteiger partial charge in [0.2, 0.25) is 0 Å². The van der Waals surface area contributed by atoms with E-state index in [1.807, 2.05) is 0 Å². The molecular weight excluding hydrogens is 445 g/mol. The Morgan fingerprint density at radius 2 is 1.56 bits per heavy atom. The average molecular weight is 467 g/mol. The zero-order chi connectivity index (χ0) is 15.2. The van der Waals surface area contributed by atoms with Crippen molar-refractivity contribution in [3.63, 3.8) is 0 Å². The molecule has 0 unspecified atom stereocenters. The molecule has 0 aliphatic heterocycles. The second kappa shape index (κ2) is 12.7. The predicted molar refractivity (Wildman–Crippen MR) is 99.6 cm³/mol. The monoisotopic (exact) mass is 464 g/mol. The normalized spacial score (nSPS) is 9.16. The summed E-state index contributed by atoms with van der Waals surface area (Å²) < 4.78 is 0. The second-order valence-corrected chi connectivity index (χ2v) is 7.40. The molecule has 0 nitrogen and oxygen atoms in total. The van der Waals surface area contributed by atoms with Crippen molar-refractivity contribution in [1.29, 1.82) is 0 Å². The van der Waals surface area contributed by atoms with Gasteiger partial charge in [-0.05, 0) is 11.6 Å². The van der Waals surface area contributed by atoms with Crippen molar-refractivity contribution >= 4 is 18.3 Å². The van der Waals surface area contributed by atoms with Crippen molar-refractivity contribution in [2.24, 2.45) is 0 Å². The Morgan fingerprint density at radius 3 is 2.16 bits per heavy atom. The van der Waals surface area contributed by atoms with Gasteiger partial charge in [0, 0.05) is 0 Å². The van der Waals surface area contributed by atoms with Gasteiger partial charge in [0.25, 0.3) is 0 Å². The van der Waals surface area contributed by atoms with Crippen LogP contribution in [0.4, 0.5) is 0 Å². The third kappa shape index (κ3) is 6.92. The number of aryl methyl sites for hydroxylation is 1. The van der Waals surface area contributed by atoms with E-state index in [1.54, 1.807) is 0 Å². The van der Waals surface area contributed by atoms with Gasteiger partial charge in [-0.2, -0.15) is 23.8 Å². The Morgan fingerprint density at radius 1 is 0.920 bits per heavy atom. The molecule has 25 heavy (non-hydrogen) atoms. The van der Waals surface area contributed by atoms with Crippen LogP contribution >= 0.6 is 7.53 Å². The molecule has 0 saturated carbocycles. The molecule has 4 heteroatoms. The predicted octanol–water partition coefficient (Wildman–Crippen LogP) is 0.898. The third-order valence-corrected chi connectivity index (χ3v) is 5.62. The Hall–Kier alpha value is -0.577. The molecule has 0 saturated heterocycles. The molecule has 0 radical (unpaired) electrons. The summed E-state index contributed by atoms with van der Waals surface area (Å²) in [5, 5.41) is 4.18. The van der Waals surface area contributed by atoms with Crippen LogP contribution in [0.15, 0.2) is 84.4 Å². The van der Waals surface area contributed by atoms with E-state index >= 15 is 0 Å². The van der Waals surface area contributed by atoms with Crippen LogP contribution in [-0.2, 0) is 32.6 Å². The summed E-state index contributed by atoms with van der Waals surface area (Å²) in [6.07, 6.45) is 2.48. The van der Waals surface area contributed by atoms with Crippen molar-refractivity contribution in [2.45, 2.75) is 19.8 Å². The van der Waals surface area contributed by atoms with Crippen LogP contribution in [-0.4, -0.2) is 0 Å². The van der Waals surface area contributed by atoms with Crippen LogP contribution in [0.1, 0.15) is 18.9 Å². The van der Waals surface area contributed by atoms with Crippen LogP contribution in [0.2, 0.25) is 0 Å². The van der Waals surface area contributed by atoms with Gasteiger partial charge in [-0.1, -0.05) is 43.3 Å². The summed E-state index contributed by atoms with van der Waals surface area (Å²) in [5.74, 6) is 4.59. The van der Waals surface area contributed by atoms with E-state index in [4.69, 9.17) is 0 Å². The zero-order valence-corrected chi connectivity index (χ0v) is 19.1. The molecule has 1 heterocycles. The SMILES string of the molecule is CCC[c-]1cccc1.[Cl-].[Cl-].[Zr+4].c1ccc2[cH-]c(-p3cccc3)cc2c1. The quantitative estimate of drug-likeness (QED) is 0.394. The van der Waals surface area contributed by atoms with Crippen LogP contribution < -0.4 is 24.8 Å². The molecule has 0 fully saturated rings. The fraction of sp³-hybridized carbons (Fsp3) is 0.143. The summed E-state index contributed by atoms with van der Waals surface area (Å²) in [6.45, 7) is 2.20. The summed E-state index contributed by atoms with van der Waals surface area (Å²) in [4.78, 5) is 0. The molecule has 1 aromatic heterocycles. The van der Waals surface area contributed by atoms with Crippen LogP contribution in [0.3, 0.4) is 0 Å². The molecular formula is C21H21Cl2PZr. The van der Waals surface area contributed by atoms with Gasteiger partial charge >= 0.3 is 26.2 Å². The molecule has 0 N–H and O–H groups in total. The molecule has 4 aromatic rings. The Bertz CT molecular complexity index is 769. The molecule has 0 bridgehead atoms. The number of hydrogen-bond donors (Lipinski definition) is 0. The number of hydrogen-bond acceptors (Lipinski definition) is 0. The number of benzene rings is 1. The van der Waals surface area contributed by atoms with Crippen LogP contribution in [0, 0.1) is 0 Å². The van der Waals surface area contributed by atoms with Crippen LogP contribution in [0.5, 0.6) is 0 Å². The smallest absolute Gasteiger partial charge is 1.00 e. The fourth-order valence-corrected chi connectivity index (χ4v) is 4.25. The minimum atomic E-state index is -0.148. The maximum atomic E-state index is 2.31. The van der Waals surface area contributed by atoms with Crippen molar-refractivity contribution in [3.05, 3.63) is 90.0 Å². The van der Waals surface area contributed by atoms with E-state index in [9.17, 15) is 0 Å². The van der Waals surface area contributed by atoms with E-state index in [0.29, 0.717) is 0 Å². The number of fused-ring (bicyclic) bond motifs is 1. The first kappa shape index (κ1) is 24.4. The Labute approximate surface area is 183 Å². The molecule has 0 aliphatic rings. The molecule has 3 aromatic carbocycles. The summed E-state index contributed by atoms with van der Waals surface area (Å²) in [5.41, 5.74) is 1.47. The van der Waals surface area contributed by atoms with E-state index in [0.717, 1.165) is 0 Å². The average Bonchev–Trinajstić information content (AvgIpc) is 3.29. The summed E-state index contributed by atoms with van der Waals surface area (Å²) >= 11 is 0. The van der Waals surface area contributed by atoms with Crippen molar-refractivity contribution in [3.8, 4) is 5.30 Å². The van der Waals surface area contributed by atoms with E-state index in [-0.39, 0.29) is 58.6 Å². The van der Waals surface area contributed by atoms with Gasteiger partial charge in [0.15, 0.2) is 0 Å². The van der Waals surface area contributed by atoms with Crippen LogP contribution in [0.25, 0.3) is 16.1 Å². The van der Waals surface area contributed by atoms with Crippen molar-refractivity contribution in [2.75, 3.05) is 0 Å². The minimum absolute atomic E-state index is 0. The van der Waals surface area contributed by atoms with E-state index in [2.05, 4.69) is 91.3 Å². The molecule has 0 spiro atoms. The third-order valence-electron chi connectivity index (χ3n) is 3.78. The van der Waals surface area contributed by atoms with E-state index in [1.165, 1.54) is 34.5 Å². The maximum Gasteiger partial charge on any atom is 4.00 e. The number of rotatable bonds is 3. The molecule has 0 atom stereocenters. The second-order valence-electron chi connectivity index (χ2n) is 5.48. The van der Waals surface area contributed by atoms with Gasteiger partial charge < -0.3 is 24.8 Å². The van der Waals surface area contributed by atoms with Gasteiger partial charge in [0.05, 0.1) is 0 Å². The first-order valence-corrected chi connectivity index (χ1v) is 9.34. The molecule has 0 aliphatic carbocycles. The maximum absolute atomic E-state index is 2.31. The fourth-order valence-electron chi connectivity index (χ4n) is 2.66. The standard InChI is InChI=1S/C13H10P.C8H11.2ClH.Zr/c1-2-6-12-10-13(9-11(12)5-1)14-7-3-4-8-14;1-2-5-8-6-3-4-7-8;;;/h1-10H;3-4,6-7H,2,5H2,1H3;2*1H;/q2*-1;;;+4/p-2. The van der Waals surface area contributed by atoms with Crippen molar-refractivity contribution < 1.29 is 51.0 Å². The molecule has 0 amide bonds. The molecule has 128 valence electrons. The Kier molecular flexibility index (Phi) is 12.4. The van der Waals surface area contributed by atoms with Crippen molar-refractivity contribution in [1.82, 2.24) is 0 Å². The Balaban J connectivity index is 0.000000462. The van der Waals surface area contributed by atoms with Gasteiger partial charge in [-0.15, -0.1) is 42.6 Å². The summed E-state index contributed by atoms with van der Waals surface area (Å²) in [6, 6.07) is 26.0. The van der Waals surface area contributed by atoms with Gasteiger partial charge in [-0.25, -0.2) is 12.1 Å². The largest absolute Gasteiger partial charge is 4.00 e. The minimum Gasteiger partial charge on any atom is -1.00 e. The van der Waals surface area contributed by atoms with E-state index < -0.39 is 0 Å². The topological polar surface area (TPSA) is 0 Å². The first-order valence-electron chi connectivity index (χ1n) is 7.86.